The van der Waals surface area contributed by atoms with Gasteiger partial charge < -0.3 is 10.1 Å². The van der Waals surface area contributed by atoms with Gasteiger partial charge in [-0.25, -0.2) is 9.18 Å². The van der Waals surface area contributed by atoms with Crippen molar-refractivity contribution < 1.29 is 13.9 Å². The Labute approximate surface area is 107 Å². The Morgan fingerprint density at radius 3 is 2.61 bits per heavy atom. The summed E-state index contributed by atoms with van der Waals surface area (Å²) < 4.78 is 18.2. The van der Waals surface area contributed by atoms with Crippen molar-refractivity contribution in [1.82, 2.24) is 5.32 Å². The maximum Gasteiger partial charge on any atom is 0.340 e. The third-order valence-corrected chi connectivity index (χ3v) is 3.09. The average Bonchev–Trinajstić information content (AvgIpc) is 2.36. The molecule has 0 unspecified atom stereocenters. The fourth-order valence-electron chi connectivity index (χ4n) is 1.41. The van der Waals surface area contributed by atoms with Crippen LogP contribution in [0.3, 0.4) is 0 Å². The van der Waals surface area contributed by atoms with Gasteiger partial charge >= 0.3 is 5.97 Å². The van der Waals surface area contributed by atoms with Gasteiger partial charge in [-0.05, 0) is 38.0 Å². The highest BCUT2D eigenvalue weighted by Gasteiger charge is 2.15. The Kier molecular flexibility index (Phi) is 4.84. The van der Waals surface area contributed by atoms with Crippen LogP contribution in [0.15, 0.2) is 18.2 Å². The summed E-state index contributed by atoms with van der Waals surface area (Å²) in [6, 6.07) is 4.55. The number of hydrogen-bond acceptors (Lipinski definition) is 3. The van der Waals surface area contributed by atoms with Crippen LogP contribution in [0, 0.1) is 5.82 Å². The summed E-state index contributed by atoms with van der Waals surface area (Å²) in [5.74, 6) is -1.20. The molecule has 1 aromatic rings. The molecule has 0 bridgehead atoms. The number of esters is 1. The van der Waals surface area contributed by atoms with Crippen LogP contribution in [0.25, 0.3) is 0 Å². The minimum atomic E-state index is -0.652. The third kappa shape index (κ3) is 3.81. The van der Waals surface area contributed by atoms with Crippen molar-refractivity contribution in [3.05, 3.63) is 35.1 Å². The summed E-state index contributed by atoms with van der Waals surface area (Å²) in [5, 5.41) is 3.33. The second-order valence-corrected chi connectivity index (χ2v) is 4.90. The molecule has 0 fully saturated rings. The van der Waals surface area contributed by atoms with Crippen molar-refractivity contribution in [2.24, 2.45) is 0 Å². The fourth-order valence-corrected chi connectivity index (χ4v) is 1.41. The summed E-state index contributed by atoms with van der Waals surface area (Å²) in [5.41, 5.74) is 0.787. The molecule has 1 rings (SSSR count). The fraction of sp³-hybridized carbons (Fsp3) is 0.500. The molecule has 0 saturated heterocycles. The number of benzene rings is 1. The summed E-state index contributed by atoms with van der Waals surface area (Å²) >= 11 is 0. The molecule has 0 aliphatic carbocycles. The monoisotopic (exact) mass is 253 g/mol. The molecule has 4 heteroatoms. The number of hydrogen-bond donors (Lipinski definition) is 1. The molecule has 18 heavy (non-hydrogen) atoms. The Hall–Kier alpha value is -1.42. The number of rotatable bonds is 5. The van der Waals surface area contributed by atoms with E-state index in [2.05, 4.69) is 30.8 Å². The molecular formula is C14H20FNO2. The number of carbonyl (C=O) groups excluding carboxylic acids is 1. The largest absolute Gasteiger partial charge is 0.465 e. The van der Waals surface area contributed by atoms with Gasteiger partial charge in [0.05, 0.1) is 12.7 Å². The molecular weight excluding hydrogens is 233 g/mol. The number of methoxy groups -OCH3 is 1. The molecule has 0 saturated carbocycles. The second kappa shape index (κ2) is 5.96. The number of carbonyl (C=O) groups is 1. The lowest BCUT2D eigenvalue weighted by atomic mass is 10.0. The molecule has 0 aliphatic rings. The predicted octanol–water partition coefficient (Wildman–Crippen LogP) is 2.89. The molecule has 0 radical (unpaired) electrons. The first kappa shape index (κ1) is 14.6. The van der Waals surface area contributed by atoms with Crippen molar-refractivity contribution in [3.63, 3.8) is 0 Å². The van der Waals surface area contributed by atoms with Crippen molar-refractivity contribution in [1.29, 1.82) is 0 Å². The van der Waals surface area contributed by atoms with Gasteiger partial charge in [-0.2, -0.15) is 0 Å². The smallest absolute Gasteiger partial charge is 0.340 e. The molecule has 0 amide bonds. The minimum absolute atomic E-state index is 0.0114. The molecule has 1 aromatic carbocycles. The molecule has 0 heterocycles. The van der Waals surface area contributed by atoms with E-state index in [-0.39, 0.29) is 11.1 Å². The SMILES string of the molecule is CCC(C)(C)NCc1ccc(C(=O)OC)c(F)c1. The van der Waals surface area contributed by atoms with E-state index >= 15 is 0 Å². The average molecular weight is 253 g/mol. The van der Waals surface area contributed by atoms with Gasteiger partial charge in [0.25, 0.3) is 0 Å². The van der Waals surface area contributed by atoms with E-state index in [1.807, 2.05) is 0 Å². The van der Waals surface area contributed by atoms with Gasteiger partial charge in [0.2, 0.25) is 0 Å². The van der Waals surface area contributed by atoms with Gasteiger partial charge in [-0.15, -0.1) is 0 Å². The quantitative estimate of drug-likeness (QED) is 0.820. The van der Waals surface area contributed by atoms with Gasteiger partial charge in [-0.3, -0.25) is 0 Å². The third-order valence-electron chi connectivity index (χ3n) is 3.09. The Morgan fingerprint density at radius 2 is 2.11 bits per heavy atom. The Morgan fingerprint density at radius 1 is 1.44 bits per heavy atom. The highest BCUT2D eigenvalue weighted by molar-refractivity contribution is 5.89. The van der Waals surface area contributed by atoms with Crippen LogP contribution >= 0.6 is 0 Å². The first-order valence-corrected chi connectivity index (χ1v) is 6.01. The lowest BCUT2D eigenvalue weighted by molar-refractivity contribution is 0.0595. The first-order chi connectivity index (χ1) is 8.39. The highest BCUT2D eigenvalue weighted by atomic mass is 19.1. The normalized spacial score (nSPS) is 11.4. The molecule has 0 atom stereocenters. The lowest BCUT2D eigenvalue weighted by Gasteiger charge is -2.24. The Balaban J connectivity index is 2.76. The molecule has 0 aromatic heterocycles. The summed E-state index contributed by atoms with van der Waals surface area (Å²) in [6.07, 6.45) is 0.982. The van der Waals surface area contributed by atoms with Crippen LogP contribution in [-0.4, -0.2) is 18.6 Å². The molecule has 1 N–H and O–H groups in total. The van der Waals surface area contributed by atoms with Crippen LogP contribution in [0.2, 0.25) is 0 Å². The molecule has 3 nitrogen and oxygen atoms in total. The van der Waals surface area contributed by atoms with E-state index in [0.717, 1.165) is 12.0 Å². The summed E-state index contributed by atoms with van der Waals surface area (Å²) in [6.45, 7) is 6.84. The van der Waals surface area contributed by atoms with Gasteiger partial charge in [-0.1, -0.05) is 13.0 Å². The summed E-state index contributed by atoms with van der Waals surface area (Å²) in [4.78, 5) is 11.2. The van der Waals surface area contributed by atoms with E-state index in [1.54, 1.807) is 6.07 Å². The van der Waals surface area contributed by atoms with Crippen molar-refractivity contribution >= 4 is 5.97 Å². The summed E-state index contributed by atoms with van der Waals surface area (Å²) in [7, 11) is 1.24. The lowest BCUT2D eigenvalue weighted by Crippen LogP contribution is -2.37. The second-order valence-electron chi connectivity index (χ2n) is 4.90. The number of halogens is 1. The van der Waals surface area contributed by atoms with Crippen molar-refractivity contribution in [2.75, 3.05) is 7.11 Å². The van der Waals surface area contributed by atoms with E-state index in [0.29, 0.717) is 6.54 Å². The molecule has 100 valence electrons. The van der Waals surface area contributed by atoms with Crippen LogP contribution in [-0.2, 0) is 11.3 Å². The standard InChI is InChI=1S/C14H20FNO2/c1-5-14(2,3)16-9-10-6-7-11(12(15)8-10)13(17)18-4/h6-8,16H,5,9H2,1-4H3. The van der Waals surface area contributed by atoms with Crippen LogP contribution in [0.1, 0.15) is 43.1 Å². The molecule has 0 spiro atoms. The zero-order valence-corrected chi connectivity index (χ0v) is 11.3. The van der Waals surface area contributed by atoms with E-state index in [1.165, 1.54) is 19.2 Å². The van der Waals surface area contributed by atoms with Gasteiger partial charge in [0.1, 0.15) is 5.82 Å². The van der Waals surface area contributed by atoms with Crippen LogP contribution in [0.4, 0.5) is 4.39 Å². The van der Waals surface area contributed by atoms with E-state index in [4.69, 9.17) is 0 Å². The van der Waals surface area contributed by atoms with Crippen LogP contribution < -0.4 is 5.32 Å². The number of nitrogens with one attached hydrogen (secondary N) is 1. The zero-order valence-electron chi connectivity index (χ0n) is 11.3. The minimum Gasteiger partial charge on any atom is -0.465 e. The maximum atomic E-state index is 13.7. The number of ether oxygens (including phenoxy) is 1. The zero-order chi connectivity index (χ0) is 13.8. The Bertz CT molecular complexity index is 430. The van der Waals surface area contributed by atoms with Crippen LogP contribution in [0.5, 0.6) is 0 Å². The van der Waals surface area contributed by atoms with Gasteiger partial charge in [0.15, 0.2) is 0 Å². The predicted molar refractivity (Wildman–Crippen MR) is 68.9 cm³/mol. The van der Waals surface area contributed by atoms with E-state index in [9.17, 15) is 9.18 Å². The van der Waals surface area contributed by atoms with Gasteiger partial charge in [0, 0.05) is 12.1 Å². The maximum absolute atomic E-state index is 13.7. The van der Waals surface area contributed by atoms with Crippen molar-refractivity contribution in [3.8, 4) is 0 Å². The highest BCUT2D eigenvalue weighted by Crippen LogP contribution is 2.13. The first-order valence-electron chi connectivity index (χ1n) is 6.01. The topological polar surface area (TPSA) is 38.3 Å². The van der Waals surface area contributed by atoms with E-state index < -0.39 is 11.8 Å². The van der Waals surface area contributed by atoms with Crippen molar-refractivity contribution in [2.45, 2.75) is 39.3 Å². The molecule has 0 aliphatic heterocycles.